The molecule has 1 aromatic heterocycles. The summed E-state index contributed by atoms with van der Waals surface area (Å²) in [6.07, 6.45) is 1.57. The van der Waals surface area contributed by atoms with E-state index >= 15 is 0 Å². The molecule has 1 aliphatic heterocycles. The average Bonchev–Trinajstić information content (AvgIpc) is 3.05. The zero-order valence-corrected chi connectivity index (χ0v) is 17.9. The molecule has 0 spiro atoms. The van der Waals surface area contributed by atoms with Crippen molar-refractivity contribution < 1.29 is 35.9 Å². The lowest BCUT2D eigenvalue weighted by Gasteiger charge is -2.19. The lowest BCUT2D eigenvalue weighted by Crippen LogP contribution is -2.33. The van der Waals surface area contributed by atoms with Crippen molar-refractivity contribution in [2.24, 2.45) is 0 Å². The van der Waals surface area contributed by atoms with Crippen molar-refractivity contribution in [3.05, 3.63) is 60.3 Å². The van der Waals surface area contributed by atoms with Crippen molar-refractivity contribution in [3.63, 3.8) is 0 Å². The second-order valence-electron chi connectivity index (χ2n) is 7.14. The number of hydrogen-bond acceptors (Lipinski definition) is 6. The van der Waals surface area contributed by atoms with Gasteiger partial charge >= 0.3 is 11.5 Å². The molecule has 2 aromatic carbocycles. The SMILES string of the molecule is COc1cccc2nccc(CN3CC(=O)N(c4ccc(S(=O)(=O)C(F)(F)F)cc4)C3=O)c12. The Kier molecular flexibility index (Phi) is 5.48. The predicted octanol–water partition coefficient (Wildman–Crippen LogP) is 3.51. The summed E-state index contributed by atoms with van der Waals surface area (Å²) in [5, 5.41) is 0.683. The topological polar surface area (TPSA) is 96.9 Å². The van der Waals surface area contributed by atoms with Gasteiger partial charge in [-0.3, -0.25) is 9.78 Å². The second kappa shape index (κ2) is 8.03. The Morgan fingerprint density at radius 3 is 2.39 bits per heavy atom. The number of sulfone groups is 1. The van der Waals surface area contributed by atoms with Gasteiger partial charge in [0.1, 0.15) is 12.3 Å². The maximum absolute atomic E-state index is 12.9. The zero-order chi connectivity index (χ0) is 24.0. The van der Waals surface area contributed by atoms with Crippen molar-refractivity contribution in [2.75, 3.05) is 18.6 Å². The Bertz CT molecular complexity index is 1350. The van der Waals surface area contributed by atoms with Gasteiger partial charge in [-0.2, -0.15) is 13.2 Å². The highest BCUT2D eigenvalue weighted by Gasteiger charge is 2.47. The number of pyridine rings is 1. The van der Waals surface area contributed by atoms with E-state index in [0.29, 0.717) is 34.3 Å². The lowest BCUT2D eigenvalue weighted by molar-refractivity contribution is -0.116. The van der Waals surface area contributed by atoms with Gasteiger partial charge in [0, 0.05) is 18.1 Å². The van der Waals surface area contributed by atoms with Crippen LogP contribution in [0.5, 0.6) is 5.75 Å². The van der Waals surface area contributed by atoms with Crippen LogP contribution in [0, 0.1) is 0 Å². The van der Waals surface area contributed by atoms with Crippen LogP contribution in [-0.2, 0) is 21.2 Å². The monoisotopic (exact) mass is 479 g/mol. The van der Waals surface area contributed by atoms with Crippen LogP contribution < -0.4 is 9.64 Å². The molecule has 0 unspecified atom stereocenters. The molecule has 4 rings (SSSR count). The predicted molar refractivity (Wildman–Crippen MR) is 111 cm³/mol. The fourth-order valence-corrected chi connectivity index (χ4v) is 4.35. The highest BCUT2D eigenvalue weighted by atomic mass is 32.2. The molecule has 3 aromatic rings. The zero-order valence-electron chi connectivity index (χ0n) is 17.0. The quantitative estimate of drug-likeness (QED) is 0.520. The van der Waals surface area contributed by atoms with Crippen LogP contribution in [0.4, 0.5) is 23.7 Å². The Labute approximate surface area is 186 Å². The number of ether oxygens (including phenoxy) is 1. The van der Waals surface area contributed by atoms with E-state index in [1.165, 1.54) is 12.0 Å². The molecule has 0 atom stereocenters. The number of aromatic nitrogens is 1. The summed E-state index contributed by atoms with van der Waals surface area (Å²) in [6, 6.07) is 9.70. The standard InChI is InChI=1S/C21H16F3N3O5S/c1-32-17-4-2-3-16-19(17)13(9-10-25-16)11-26-12-18(28)27(20(26)29)14-5-7-15(8-6-14)33(30,31)21(22,23)24/h2-10H,11-12H2,1H3. The van der Waals surface area contributed by atoms with Gasteiger partial charge < -0.3 is 9.64 Å². The average molecular weight is 479 g/mol. The van der Waals surface area contributed by atoms with Gasteiger partial charge in [-0.15, -0.1) is 0 Å². The number of halogens is 3. The largest absolute Gasteiger partial charge is 0.501 e. The Morgan fingerprint density at radius 2 is 1.76 bits per heavy atom. The molecule has 2 heterocycles. The van der Waals surface area contributed by atoms with Crippen LogP contribution in [0.3, 0.4) is 0 Å². The third-order valence-electron chi connectivity index (χ3n) is 5.14. The minimum absolute atomic E-state index is 0.0363. The molecular weight excluding hydrogens is 463 g/mol. The lowest BCUT2D eigenvalue weighted by atomic mass is 10.1. The van der Waals surface area contributed by atoms with Gasteiger partial charge in [-0.1, -0.05) is 6.07 Å². The van der Waals surface area contributed by atoms with E-state index < -0.39 is 32.2 Å². The minimum atomic E-state index is -5.54. The Morgan fingerprint density at radius 1 is 1.06 bits per heavy atom. The first kappa shape index (κ1) is 22.5. The van der Waals surface area contributed by atoms with Crippen LogP contribution in [0.1, 0.15) is 5.56 Å². The number of carbonyl (C=O) groups is 2. The van der Waals surface area contributed by atoms with Gasteiger partial charge in [-0.05, 0) is 48.0 Å². The number of nitrogens with zero attached hydrogens (tertiary/aromatic N) is 3. The normalized spacial score (nSPS) is 14.9. The molecule has 1 saturated heterocycles. The molecule has 1 fully saturated rings. The first-order valence-electron chi connectivity index (χ1n) is 9.48. The van der Waals surface area contributed by atoms with Crippen LogP contribution >= 0.6 is 0 Å². The van der Waals surface area contributed by atoms with E-state index in [1.807, 2.05) is 0 Å². The Balaban J connectivity index is 1.61. The molecule has 33 heavy (non-hydrogen) atoms. The van der Waals surface area contributed by atoms with Gasteiger partial charge in [-0.25, -0.2) is 18.1 Å². The van der Waals surface area contributed by atoms with Gasteiger partial charge in [0.05, 0.1) is 23.2 Å². The number of urea groups is 1. The number of fused-ring (bicyclic) bond motifs is 1. The number of hydrogen-bond donors (Lipinski definition) is 0. The third kappa shape index (κ3) is 3.86. The van der Waals surface area contributed by atoms with Crippen molar-refractivity contribution >= 4 is 38.4 Å². The molecule has 1 aliphatic rings. The smallest absolute Gasteiger partial charge is 0.496 e. The van der Waals surface area contributed by atoms with Gasteiger partial charge in [0.25, 0.3) is 15.7 Å². The van der Waals surface area contributed by atoms with Crippen molar-refractivity contribution in [1.29, 1.82) is 0 Å². The summed E-state index contributed by atoms with van der Waals surface area (Å²) >= 11 is 0. The summed E-state index contributed by atoms with van der Waals surface area (Å²) < 4.78 is 66.7. The summed E-state index contributed by atoms with van der Waals surface area (Å²) in [4.78, 5) is 30.8. The van der Waals surface area contributed by atoms with Crippen LogP contribution in [0.25, 0.3) is 10.9 Å². The number of methoxy groups -OCH3 is 1. The van der Waals surface area contributed by atoms with Crippen molar-refractivity contribution in [3.8, 4) is 5.75 Å². The summed E-state index contributed by atoms with van der Waals surface area (Å²) in [5.41, 5.74) is -4.17. The highest BCUT2D eigenvalue weighted by Crippen LogP contribution is 2.33. The number of benzene rings is 2. The maximum atomic E-state index is 12.9. The first-order chi connectivity index (χ1) is 15.5. The second-order valence-corrected chi connectivity index (χ2v) is 9.08. The molecule has 0 N–H and O–H groups in total. The molecule has 172 valence electrons. The van der Waals surface area contributed by atoms with E-state index in [4.69, 9.17) is 4.74 Å². The molecular formula is C21H16F3N3O5S. The molecule has 8 nitrogen and oxygen atoms in total. The van der Waals surface area contributed by atoms with E-state index in [-0.39, 0.29) is 18.8 Å². The molecule has 0 radical (unpaired) electrons. The number of imide groups is 1. The van der Waals surface area contributed by atoms with E-state index in [9.17, 15) is 31.2 Å². The van der Waals surface area contributed by atoms with Crippen LogP contribution in [0.2, 0.25) is 0 Å². The van der Waals surface area contributed by atoms with Crippen LogP contribution in [0.15, 0.2) is 59.6 Å². The van der Waals surface area contributed by atoms with E-state index in [1.54, 1.807) is 30.5 Å². The van der Waals surface area contributed by atoms with E-state index in [0.717, 1.165) is 17.0 Å². The molecule has 0 saturated carbocycles. The highest BCUT2D eigenvalue weighted by molar-refractivity contribution is 7.92. The molecule has 0 aliphatic carbocycles. The summed E-state index contributed by atoms with van der Waals surface area (Å²) in [5.74, 6) is -0.0522. The minimum Gasteiger partial charge on any atom is -0.496 e. The molecule has 3 amide bonds. The van der Waals surface area contributed by atoms with Crippen molar-refractivity contribution in [2.45, 2.75) is 16.9 Å². The Hall–Kier alpha value is -3.67. The maximum Gasteiger partial charge on any atom is 0.501 e. The fraction of sp³-hybridized carbons (Fsp3) is 0.190. The molecule has 12 heteroatoms. The fourth-order valence-electron chi connectivity index (χ4n) is 3.58. The number of amides is 3. The molecule has 0 bridgehead atoms. The number of anilines is 1. The number of carbonyl (C=O) groups excluding carboxylic acids is 2. The van der Waals surface area contributed by atoms with Gasteiger partial charge in [0.15, 0.2) is 0 Å². The summed E-state index contributed by atoms with van der Waals surface area (Å²) in [7, 11) is -4.04. The van der Waals surface area contributed by atoms with Crippen LogP contribution in [-0.4, -0.2) is 49.4 Å². The first-order valence-corrected chi connectivity index (χ1v) is 11.0. The van der Waals surface area contributed by atoms with Gasteiger partial charge in [0.2, 0.25) is 0 Å². The summed E-state index contributed by atoms with van der Waals surface area (Å²) in [6.45, 7) is -0.207. The number of alkyl halides is 3. The van der Waals surface area contributed by atoms with Crippen molar-refractivity contribution in [1.82, 2.24) is 9.88 Å². The third-order valence-corrected chi connectivity index (χ3v) is 6.65. The number of rotatable bonds is 5. The van der Waals surface area contributed by atoms with E-state index in [2.05, 4.69) is 4.98 Å².